The van der Waals surface area contributed by atoms with Crippen molar-refractivity contribution < 1.29 is 22.5 Å². The molecule has 2 aromatic heterocycles. The third-order valence-corrected chi connectivity index (χ3v) is 3.07. The van der Waals surface area contributed by atoms with E-state index in [0.717, 1.165) is 4.88 Å². The van der Waals surface area contributed by atoms with Crippen LogP contribution in [-0.4, -0.2) is 17.2 Å². The molecule has 0 fully saturated rings. The van der Waals surface area contributed by atoms with E-state index in [0.29, 0.717) is 5.69 Å². The lowest BCUT2D eigenvalue weighted by Crippen LogP contribution is -2.16. The lowest BCUT2D eigenvalue weighted by Gasteiger charge is -2.04. The van der Waals surface area contributed by atoms with Gasteiger partial charge in [-0.2, -0.15) is 13.2 Å². The SMILES string of the molecule is O=C(CCC(F)(F)F)Nc1cc(-c2cccs2)no1. The van der Waals surface area contributed by atoms with Crippen molar-refractivity contribution in [2.24, 2.45) is 0 Å². The highest BCUT2D eigenvalue weighted by atomic mass is 32.1. The number of thiophene rings is 1. The molecule has 0 radical (unpaired) electrons. The molecule has 1 amide bonds. The molecule has 1 N–H and O–H groups in total. The van der Waals surface area contributed by atoms with Crippen molar-refractivity contribution in [2.45, 2.75) is 19.0 Å². The van der Waals surface area contributed by atoms with E-state index >= 15 is 0 Å². The van der Waals surface area contributed by atoms with Crippen molar-refractivity contribution >= 4 is 23.1 Å². The zero-order valence-corrected chi connectivity index (χ0v) is 10.3. The van der Waals surface area contributed by atoms with Gasteiger partial charge in [-0.3, -0.25) is 10.1 Å². The van der Waals surface area contributed by atoms with Gasteiger partial charge in [0.15, 0.2) is 0 Å². The molecular formula is C11H9F3N2O2S. The second-order valence-corrected chi connectivity index (χ2v) is 4.66. The number of carbonyl (C=O) groups excluding carboxylic acids is 1. The van der Waals surface area contributed by atoms with Crippen LogP contribution in [0.25, 0.3) is 10.6 Å². The van der Waals surface area contributed by atoms with Gasteiger partial charge in [0, 0.05) is 12.5 Å². The molecule has 0 aliphatic heterocycles. The predicted molar refractivity (Wildman–Crippen MR) is 63.7 cm³/mol. The highest BCUT2D eigenvalue weighted by Gasteiger charge is 2.28. The number of alkyl halides is 3. The summed E-state index contributed by atoms with van der Waals surface area (Å²) in [7, 11) is 0. The van der Waals surface area contributed by atoms with Gasteiger partial charge >= 0.3 is 6.18 Å². The van der Waals surface area contributed by atoms with Crippen LogP contribution < -0.4 is 5.32 Å². The van der Waals surface area contributed by atoms with Crippen LogP contribution in [0, 0.1) is 0 Å². The summed E-state index contributed by atoms with van der Waals surface area (Å²) in [5, 5.41) is 7.81. The Hall–Kier alpha value is -1.83. The van der Waals surface area contributed by atoms with Crippen LogP contribution in [-0.2, 0) is 4.79 Å². The molecule has 4 nitrogen and oxygen atoms in total. The van der Waals surface area contributed by atoms with E-state index in [1.807, 2.05) is 17.5 Å². The van der Waals surface area contributed by atoms with Crippen molar-refractivity contribution in [3.63, 3.8) is 0 Å². The van der Waals surface area contributed by atoms with Gasteiger partial charge in [0.05, 0.1) is 11.3 Å². The molecule has 0 unspecified atom stereocenters. The van der Waals surface area contributed by atoms with Gasteiger partial charge in [0.2, 0.25) is 11.8 Å². The van der Waals surface area contributed by atoms with Crippen LogP contribution in [0.2, 0.25) is 0 Å². The fourth-order valence-electron chi connectivity index (χ4n) is 1.33. The topological polar surface area (TPSA) is 55.1 Å². The second kappa shape index (κ2) is 5.43. The Morgan fingerprint density at radius 3 is 2.89 bits per heavy atom. The fourth-order valence-corrected chi connectivity index (χ4v) is 2.01. The summed E-state index contributed by atoms with van der Waals surface area (Å²) in [6, 6.07) is 5.12. The molecule has 2 rings (SSSR count). The molecule has 8 heteroatoms. The number of anilines is 1. The van der Waals surface area contributed by atoms with E-state index in [-0.39, 0.29) is 5.88 Å². The molecule has 102 valence electrons. The molecule has 0 aliphatic carbocycles. The number of carbonyl (C=O) groups is 1. The van der Waals surface area contributed by atoms with Gasteiger partial charge in [-0.15, -0.1) is 11.3 Å². The third kappa shape index (κ3) is 4.09. The first kappa shape index (κ1) is 13.6. The predicted octanol–water partition coefficient (Wildman–Crippen LogP) is 3.68. The van der Waals surface area contributed by atoms with Crippen LogP contribution in [0.3, 0.4) is 0 Å². The number of aromatic nitrogens is 1. The standard InChI is InChI=1S/C11H9F3N2O2S/c12-11(13,14)4-3-9(17)15-10-6-7(16-18-10)8-2-1-5-19-8/h1-2,5-6H,3-4H2,(H,15,17). The summed E-state index contributed by atoms with van der Waals surface area (Å²) in [6.45, 7) is 0. The molecule has 2 heterocycles. The maximum atomic E-state index is 11.9. The summed E-state index contributed by atoms with van der Waals surface area (Å²) in [4.78, 5) is 12.1. The van der Waals surface area contributed by atoms with Crippen LogP contribution in [0.5, 0.6) is 0 Å². The van der Waals surface area contributed by atoms with Gasteiger partial charge in [-0.25, -0.2) is 0 Å². The van der Waals surface area contributed by atoms with Crippen molar-refractivity contribution in [2.75, 3.05) is 5.32 Å². The van der Waals surface area contributed by atoms with Gasteiger partial charge in [0.25, 0.3) is 0 Å². The molecule has 2 aromatic rings. The van der Waals surface area contributed by atoms with Crippen molar-refractivity contribution in [1.82, 2.24) is 5.16 Å². The molecule has 0 saturated heterocycles. The number of amides is 1. The van der Waals surface area contributed by atoms with E-state index in [2.05, 4.69) is 10.5 Å². The molecule has 0 atom stereocenters. The Labute approximate surface area is 110 Å². The molecule has 0 aromatic carbocycles. The first-order chi connectivity index (χ1) is 8.94. The van der Waals surface area contributed by atoms with Crippen LogP contribution in [0.15, 0.2) is 28.1 Å². The molecule has 0 saturated carbocycles. The zero-order valence-electron chi connectivity index (χ0n) is 9.53. The first-order valence-corrected chi connectivity index (χ1v) is 6.19. The van der Waals surface area contributed by atoms with Gasteiger partial charge in [-0.1, -0.05) is 11.2 Å². The minimum absolute atomic E-state index is 0.0376. The van der Waals surface area contributed by atoms with Crippen molar-refractivity contribution in [1.29, 1.82) is 0 Å². The summed E-state index contributed by atoms with van der Waals surface area (Å²) >= 11 is 1.44. The van der Waals surface area contributed by atoms with Crippen LogP contribution >= 0.6 is 11.3 Å². The molecule has 0 bridgehead atoms. The fraction of sp³-hybridized carbons (Fsp3) is 0.273. The molecule has 0 spiro atoms. The average Bonchev–Trinajstić information content (AvgIpc) is 2.94. The average molecular weight is 290 g/mol. The lowest BCUT2D eigenvalue weighted by molar-refractivity contribution is -0.142. The largest absolute Gasteiger partial charge is 0.389 e. The normalized spacial score (nSPS) is 11.5. The Balaban J connectivity index is 1.91. The maximum Gasteiger partial charge on any atom is 0.389 e. The Bertz CT molecular complexity index is 549. The quantitative estimate of drug-likeness (QED) is 0.934. The lowest BCUT2D eigenvalue weighted by atomic mass is 10.3. The first-order valence-electron chi connectivity index (χ1n) is 5.31. The highest BCUT2D eigenvalue weighted by molar-refractivity contribution is 7.13. The van der Waals surface area contributed by atoms with E-state index in [9.17, 15) is 18.0 Å². The number of halogens is 3. The molecule has 19 heavy (non-hydrogen) atoms. The van der Waals surface area contributed by atoms with E-state index in [1.54, 1.807) is 0 Å². The summed E-state index contributed by atoms with van der Waals surface area (Å²) in [5.41, 5.74) is 0.529. The number of hydrogen-bond acceptors (Lipinski definition) is 4. The van der Waals surface area contributed by atoms with Gasteiger partial charge in [0.1, 0.15) is 5.69 Å². The summed E-state index contributed by atoms with van der Waals surface area (Å²) in [6.07, 6.45) is -6.15. The molecular weight excluding hydrogens is 281 g/mol. The highest BCUT2D eigenvalue weighted by Crippen LogP contribution is 2.26. The molecule has 0 aliphatic rings. The zero-order chi connectivity index (χ0) is 13.9. The van der Waals surface area contributed by atoms with Crippen LogP contribution in [0.1, 0.15) is 12.8 Å². The number of rotatable bonds is 4. The van der Waals surface area contributed by atoms with Crippen molar-refractivity contribution in [3.05, 3.63) is 23.6 Å². The number of nitrogens with one attached hydrogen (secondary N) is 1. The monoisotopic (exact) mass is 290 g/mol. The Kier molecular flexibility index (Phi) is 3.89. The number of nitrogens with zero attached hydrogens (tertiary/aromatic N) is 1. The number of hydrogen-bond donors (Lipinski definition) is 1. The smallest absolute Gasteiger partial charge is 0.338 e. The van der Waals surface area contributed by atoms with E-state index in [4.69, 9.17) is 4.52 Å². The van der Waals surface area contributed by atoms with E-state index in [1.165, 1.54) is 17.4 Å². The van der Waals surface area contributed by atoms with Gasteiger partial charge < -0.3 is 4.52 Å². The third-order valence-electron chi connectivity index (χ3n) is 2.18. The van der Waals surface area contributed by atoms with Gasteiger partial charge in [-0.05, 0) is 11.4 Å². The van der Waals surface area contributed by atoms with E-state index < -0.39 is 24.9 Å². The second-order valence-electron chi connectivity index (χ2n) is 3.72. The summed E-state index contributed by atoms with van der Waals surface area (Å²) in [5.74, 6) is -0.721. The van der Waals surface area contributed by atoms with Crippen molar-refractivity contribution in [3.8, 4) is 10.6 Å². The minimum atomic E-state index is -4.35. The Morgan fingerprint density at radius 2 is 2.26 bits per heavy atom. The van der Waals surface area contributed by atoms with Crippen LogP contribution in [0.4, 0.5) is 19.1 Å². The minimum Gasteiger partial charge on any atom is -0.338 e. The Morgan fingerprint density at radius 1 is 1.47 bits per heavy atom. The summed E-state index contributed by atoms with van der Waals surface area (Å²) < 4.78 is 40.6. The maximum absolute atomic E-state index is 11.9.